The first-order chi connectivity index (χ1) is 8.40. The standard InChI is InChI=1S/C12H22N4O/c1-2-17-10-5-13-3-6-15-8-9-16-7-4-14-12(16)11-15/h4,7,13H,2-3,5-6,8-11H2,1H3. The molecule has 0 saturated carbocycles. The molecule has 1 aliphatic rings. The van der Waals surface area contributed by atoms with Crippen molar-refractivity contribution in [2.45, 2.75) is 20.0 Å². The molecule has 0 aliphatic carbocycles. The molecule has 2 heterocycles. The fourth-order valence-corrected chi connectivity index (χ4v) is 2.07. The Morgan fingerprint density at radius 3 is 3.24 bits per heavy atom. The van der Waals surface area contributed by atoms with Crippen LogP contribution in [0.5, 0.6) is 0 Å². The lowest BCUT2D eigenvalue weighted by atomic mass is 10.3. The largest absolute Gasteiger partial charge is 0.380 e. The van der Waals surface area contributed by atoms with Crippen LogP contribution in [0.3, 0.4) is 0 Å². The molecule has 0 unspecified atom stereocenters. The van der Waals surface area contributed by atoms with Gasteiger partial charge in [-0.1, -0.05) is 0 Å². The van der Waals surface area contributed by atoms with E-state index in [0.29, 0.717) is 0 Å². The van der Waals surface area contributed by atoms with Crippen LogP contribution in [-0.4, -0.2) is 53.8 Å². The first kappa shape index (κ1) is 12.5. The van der Waals surface area contributed by atoms with Crippen molar-refractivity contribution in [3.63, 3.8) is 0 Å². The molecule has 1 aliphatic heterocycles. The molecule has 0 radical (unpaired) electrons. The summed E-state index contributed by atoms with van der Waals surface area (Å²) >= 11 is 0. The van der Waals surface area contributed by atoms with E-state index in [1.165, 1.54) is 5.82 Å². The number of aromatic nitrogens is 2. The molecule has 0 atom stereocenters. The van der Waals surface area contributed by atoms with Crippen LogP contribution in [0.15, 0.2) is 12.4 Å². The van der Waals surface area contributed by atoms with Gasteiger partial charge in [-0.05, 0) is 6.92 Å². The number of hydrogen-bond donors (Lipinski definition) is 1. The minimum atomic E-state index is 0.802. The molecule has 96 valence electrons. The second kappa shape index (κ2) is 6.74. The summed E-state index contributed by atoms with van der Waals surface area (Å²) in [4.78, 5) is 6.80. The monoisotopic (exact) mass is 238 g/mol. The fraction of sp³-hybridized carbons (Fsp3) is 0.750. The smallest absolute Gasteiger partial charge is 0.122 e. The molecule has 2 rings (SSSR count). The average molecular weight is 238 g/mol. The third kappa shape index (κ3) is 3.80. The van der Waals surface area contributed by atoms with Crippen LogP contribution in [0.1, 0.15) is 12.7 Å². The van der Waals surface area contributed by atoms with E-state index in [9.17, 15) is 0 Å². The van der Waals surface area contributed by atoms with Crippen molar-refractivity contribution in [2.24, 2.45) is 0 Å². The summed E-state index contributed by atoms with van der Waals surface area (Å²) in [6, 6.07) is 0. The number of nitrogens with zero attached hydrogens (tertiary/aromatic N) is 3. The van der Waals surface area contributed by atoms with Crippen LogP contribution in [0.25, 0.3) is 0 Å². The Morgan fingerprint density at radius 1 is 1.41 bits per heavy atom. The summed E-state index contributed by atoms with van der Waals surface area (Å²) in [6.45, 7) is 9.83. The predicted molar refractivity (Wildman–Crippen MR) is 66.9 cm³/mol. The number of nitrogens with one attached hydrogen (secondary N) is 1. The summed E-state index contributed by atoms with van der Waals surface area (Å²) in [5.41, 5.74) is 0. The molecule has 0 bridgehead atoms. The summed E-state index contributed by atoms with van der Waals surface area (Å²) in [7, 11) is 0. The summed E-state index contributed by atoms with van der Waals surface area (Å²) in [5, 5.41) is 3.39. The fourth-order valence-electron chi connectivity index (χ4n) is 2.07. The highest BCUT2D eigenvalue weighted by molar-refractivity contribution is 4.95. The second-order valence-electron chi connectivity index (χ2n) is 4.26. The van der Waals surface area contributed by atoms with Gasteiger partial charge in [0, 0.05) is 51.7 Å². The molecular formula is C12H22N4O. The Morgan fingerprint density at radius 2 is 2.35 bits per heavy atom. The van der Waals surface area contributed by atoms with Crippen molar-refractivity contribution >= 4 is 0 Å². The van der Waals surface area contributed by atoms with Gasteiger partial charge < -0.3 is 14.6 Å². The maximum absolute atomic E-state index is 5.27. The first-order valence-electron chi connectivity index (χ1n) is 6.41. The zero-order chi connectivity index (χ0) is 11.9. The average Bonchev–Trinajstić information content (AvgIpc) is 2.81. The van der Waals surface area contributed by atoms with Gasteiger partial charge in [0.15, 0.2) is 0 Å². The van der Waals surface area contributed by atoms with E-state index in [0.717, 1.165) is 52.5 Å². The number of imidazole rings is 1. The lowest BCUT2D eigenvalue weighted by Gasteiger charge is -2.27. The summed E-state index contributed by atoms with van der Waals surface area (Å²) in [5.74, 6) is 1.19. The second-order valence-corrected chi connectivity index (χ2v) is 4.26. The number of ether oxygens (including phenoxy) is 1. The van der Waals surface area contributed by atoms with Crippen LogP contribution in [-0.2, 0) is 17.8 Å². The van der Waals surface area contributed by atoms with Gasteiger partial charge >= 0.3 is 0 Å². The lowest BCUT2D eigenvalue weighted by molar-refractivity contribution is 0.147. The van der Waals surface area contributed by atoms with Crippen molar-refractivity contribution in [3.8, 4) is 0 Å². The normalized spacial score (nSPS) is 16.1. The predicted octanol–water partition coefficient (Wildman–Crippen LogP) is 0.325. The zero-order valence-corrected chi connectivity index (χ0v) is 10.6. The van der Waals surface area contributed by atoms with Crippen LogP contribution in [0.2, 0.25) is 0 Å². The molecule has 0 amide bonds. The minimum Gasteiger partial charge on any atom is -0.380 e. The van der Waals surface area contributed by atoms with Crippen molar-refractivity contribution < 1.29 is 4.74 Å². The van der Waals surface area contributed by atoms with Crippen molar-refractivity contribution in [1.29, 1.82) is 0 Å². The molecule has 1 N–H and O–H groups in total. The van der Waals surface area contributed by atoms with Gasteiger partial charge in [-0.25, -0.2) is 4.98 Å². The molecule has 0 aromatic carbocycles. The van der Waals surface area contributed by atoms with E-state index >= 15 is 0 Å². The maximum Gasteiger partial charge on any atom is 0.122 e. The van der Waals surface area contributed by atoms with E-state index in [2.05, 4.69) is 26.0 Å². The van der Waals surface area contributed by atoms with Crippen LogP contribution < -0.4 is 5.32 Å². The molecule has 1 aromatic rings. The highest BCUT2D eigenvalue weighted by atomic mass is 16.5. The molecule has 0 saturated heterocycles. The molecular weight excluding hydrogens is 216 g/mol. The van der Waals surface area contributed by atoms with Gasteiger partial charge in [-0.2, -0.15) is 0 Å². The number of fused-ring (bicyclic) bond motifs is 1. The van der Waals surface area contributed by atoms with Crippen LogP contribution in [0, 0.1) is 0 Å². The van der Waals surface area contributed by atoms with Gasteiger partial charge in [0.25, 0.3) is 0 Å². The number of hydrogen-bond acceptors (Lipinski definition) is 4. The minimum absolute atomic E-state index is 0.802. The third-order valence-electron chi connectivity index (χ3n) is 3.06. The van der Waals surface area contributed by atoms with E-state index < -0.39 is 0 Å². The van der Waals surface area contributed by atoms with Gasteiger partial charge in [-0.3, -0.25) is 4.90 Å². The van der Waals surface area contributed by atoms with Crippen LogP contribution >= 0.6 is 0 Å². The highest BCUT2D eigenvalue weighted by Gasteiger charge is 2.15. The number of rotatable bonds is 7. The zero-order valence-electron chi connectivity index (χ0n) is 10.6. The van der Waals surface area contributed by atoms with Gasteiger partial charge in [0.05, 0.1) is 13.2 Å². The first-order valence-corrected chi connectivity index (χ1v) is 6.41. The van der Waals surface area contributed by atoms with Gasteiger partial charge in [0.1, 0.15) is 5.82 Å². The summed E-state index contributed by atoms with van der Waals surface area (Å²) < 4.78 is 7.51. The molecule has 0 fully saturated rings. The molecule has 5 heteroatoms. The molecule has 5 nitrogen and oxygen atoms in total. The highest BCUT2D eigenvalue weighted by Crippen LogP contribution is 2.08. The Kier molecular flexibility index (Phi) is 4.97. The van der Waals surface area contributed by atoms with Gasteiger partial charge in [-0.15, -0.1) is 0 Å². The molecule has 1 aromatic heterocycles. The third-order valence-corrected chi connectivity index (χ3v) is 3.06. The van der Waals surface area contributed by atoms with E-state index in [1.807, 2.05) is 13.1 Å². The van der Waals surface area contributed by atoms with Crippen molar-refractivity contribution in [1.82, 2.24) is 19.8 Å². The molecule has 0 spiro atoms. The molecule has 17 heavy (non-hydrogen) atoms. The van der Waals surface area contributed by atoms with Crippen molar-refractivity contribution in [2.75, 3.05) is 39.4 Å². The maximum atomic E-state index is 5.27. The van der Waals surface area contributed by atoms with E-state index in [4.69, 9.17) is 4.74 Å². The Labute approximate surface area is 103 Å². The Hall–Kier alpha value is -0.910. The van der Waals surface area contributed by atoms with E-state index in [1.54, 1.807) is 0 Å². The van der Waals surface area contributed by atoms with Crippen LogP contribution in [0.4, 0.5) is 0 Å². The van der Waals surface area contributed by atoms with E-state index in [-0.39, 0.29) is 0 Å². The SMILES string of the molecule is CCOCCNCCN1CCn2ccnc2C1. The quantitative estimate of drug-likeness (QED) is 0.695. The Balaban J connectivity index is 1.59. The lowest BCUT2D eigenvalue weighted by Crippen LogP contribution is -2.38. The van der Waals surface area contributed by atoms with Crippen molar-refractivity contribution in [3.05, 3.63) is 18.2 Å². The topological polar surface area (TPSA) is 42.3 Å². The summed E-state index contributed by atoms with van der Waals surface area (Å²) in [6.07, 6.45) is 3.95. The van der Waals surface area contributed by atoms with Gasteiger partial charge in [0.2, 0.25) is 0 Å². The Bertz CT molecular complexity index is 326.